The van der Waals surface area contributed by atoms with Gasteiger partial charge in [-0.15, -0.1) is 0 Å². The molecule has 8 nitrogen and oxygen atoms in total. The number of benzene rings is 2. The van der Waals surface area contributed by atoms with Gasteiger partial charge in [-0.25, -0.2) is 0 Å². The molecule has 2 aromatic carbocycles. The summed E-state index contributed by atoms with van der Waals surface area (Å²) in [6, 6.07) is 9.32. The van der Waals surface area contributed by atoms with Crippen LogP contribution in [-0.2, 0) is 13.6 Å². The zero-order chi connectivity index (χ0) is 21.8. The van der Waals surface area contributed by atoms with Gasteiger partial charge in [0, 0.05) is 23.7 Å². The van der Waals surface area contributed by atoms with E-state index in [2.05, 4.69) is 14.4 Å². The molecule has 29 heavy (non-hydrogen) atoms. The van der Waals surface area contributed by atoms with E-state index in [1.54, 1.807) is 38.1 Å². The average Bonchev–Trinajstić information content (AvgIpc) is 2.65. The number of nitrogens with one attached hydrogen (secondary N) is 1. The van der Waals surface area contributed by atoms with Crippen molar-refractivity contribution in [2.45, 2.75) is 20.8 Å². The maximum Gasteiger partial charge on any atom is 0.319 e. The normalized spacial score (nSPS) is 10.3. The molecule has 2 aromatic rings. The summed E-state index contributed by atoms with van der Waals surface area (Å²) in [6.45, 7) is 6.89. The van der Waals surface area contributed by atoms with Crippen LogP contribution in [0.1, 0.15) is 20.8 Å². The molecule has 0 fully saturated rings. The highest BCUT2D eigenvalue weighted by molar-refractivity contribution is 7.33. The predicted molar refractivity (Wildman–Crippen MR) is 116 cm³/mol. The van der Waals surface area contributed by atoms with Crippen LogP contribution >= 0.6 is 31.5 Å². The first-order valence-electron chi connectivity index (χ1n) is 8.77. The smallest absolute Gasteiger partial charge is 0.319 e. The number of anilines is 1. The minimum Gasteiger partial charge on any atom is -0.456 e. The Morgan fingerprint density at radius 3 is 2.24 bits per heavy atom. The Kier molecular flexibility index (Phi) is 11.7. The Morgan fingerprint density at radius 2 is 1.72 bits per heavy atom. The van der Waals surface area contributed by atoms with Crippen molar-refractivity contribution in [2.75, 3.05) is 25.1 Å². The van der Waals surface area contributed by atoms with Gasteiger partial charge in [-0.3, -0.25) is 14.7 Å². The number of rotatable bonds is 9. The molecule has 11 heteroatoms. The number of halogens is 2. The van der Waals surface area contributed by atoms with Gasteiger partial charge in [-0.2, -0.15) is 0 Å². The van der Waals surface area contributed by atoms with Crippen LogP contribution in [0.4, 0.5) is 11.4 Å². The van der Waals surface area contributed by atoms with Gasteiger partial charge in [0.15, 0.2) is 0 Å². The van der Waals surface area contributed by atoms with E-state index in [1.165, 1.54) is 12.1 Å². The van der Waals surface area contributed by atoms with Gasteiger partial charge >= 0.3 is 8.25 Å². The Balaban J connectivity index is 0.000000447. The summed E-state index contributed by atoms with van der Waals surface area (Å²) in [5.41, 5.74) is 0.386. The summed E-state index contributed by atoms with van der Waals surface area (Å²) in [4.78, 5) is 10.5. The van der Waals surface area contributed by atoms with E-state index < -0.39 is 13.2 Å². The standard InChI is InChI=1S/C14H12Cl2N2O3.C4H11O3P/c1-2-17-12-8-10(4-5-13(12)18(19)20)21-14-6-3-9(15)7-11(14)16;1-3-6-8(5)7-4-2/h3-8,17H,2H2,1H3;8H,3-4H2,1-2H3. The highest BCUT2D eigenvalue weighted by Crippen LogP contribution is 2.35. The van der Waals surface area contributed by atoms with Gasteiger partial charge in [-0.1, -0.05) is 23.2 Å². The van der Waals surface area contributed by atoms with Crippen LogP contribution in [0.2, 0.25) is 10.0 Å². The second-order valence-corrected chi connectivity index (χ2v) is 7.18. The van der Waals surface area contributed by atoms with E-state index >= 15 is 0 Å². The third kappa shape index (κ3) is 9.02. The third-order valence-corrected chi connectivity index (χ3v) is 4.76. The largest absolute Gasteiger partial charge is 0.456 e. The maximum absolute atomic E-state index is 10.9. The van der Waals surface area contributed by atoms with Crippen molar-refractivity contribution in [1.82, 2.24) is 0 Å². The Morgan fingerprint density at radius 1 is 1.07 bits per heavy atom. The molecule has 0 heterocycles. The summed E-state index contributed by atoms with van der Waals surface area (Å²) in [5, 5.41) is 14.7. The fraction of sp³-hybridized carbons (Fsp3) is 0.333. The summed E-state index contributed by atoms with van der Waals surface area (Å²) < 4.78 is 25.2. The van der Waals surface area contributed by atoms with Crippen LogP contribution in [0.5, 0.6) is 11.5 Å². The minimum absolute atomic E-state index is 0.00796. The monoisotopic (exact) mass is 464 g/mol. The highest BCUT2D eigenvalue weighted by Gasteiger charge is 2.15. The van der Waals surface area contributed by atoms with Crippen molar-refractivity contribution in [1.29, 1.82) is 0 Å². The lowest BCUT2D eigenvalue weighted by molar-refractivity contribution is -0.384. The molecule has 0 saturated carbocycles. The van der Waals surface area contributed by atoms with Gasteiger partial charge in [0.05, 0.1) is 23.2 Å². The Labute approximate surface area is 180 Å². The SMILES string of the molecule is CCNc1cc(Oc2ccc(Cl)cc2Cl)ccc1[N+](=O)[O-].CCO[PH](=O)OCC. The lowest BCUT2D eigenvalue weighted by Crippen LogP contribution is -2.01. The minimum atomic E-state index is -2.14. The summed E-state index contributed by atoms with van der Waals surface area (Å²) in [5.74, 6) is 0.873. The number of hydrogen-bond acceptors (Lipinski definition) is 7. The van der Waals surface area contributed by atoms with Crippen molar-refractivity contribution in [3.63, 3.8) is 0 Å². The zero-order valence-corrected chi connectivity index (χ0v) is 18.7. The Hall–Kier alpha value is -1.83. The second kappa shape index (κ2) is 13.4. The first kappa shape index (κ1) is 25.2. The zero-order valence-electron chi connectivity index (χ0n) is 16.2. The molecule has 0 spiro atoms. The van der Waals surface area contributed by atoms with Crippen LogP contribution in [-0.4, -0.2) is 24.7 Å². The van der Waals surface area contributed by atoms with Gasteiger partial charge in [-0.05, 0) is 45.0 Å². The molecule has 0 aliphatic rings. The predicted octanol–water partition coefficient (Wildman–Crippen LogP) is 6.57. The lowest BCUT2D eigenvalue weighted by Gasteiger charge is -2.10. The van der Waals surface area contributed by atoms with Gasteiger partial charge < -0.3 is 19.1 Å². The first-order valence-corrected chi connectivity index (χ1v) is 10.7. The van der Waals surface area contributed by atoms with E-state index in [-0.39, 0.29) is 5.69 Å². The summed E-state index contributed by atoms with van der Waals surface area (Å²) in [7, 11) is -2.14. The first-order chi connectivity index (χ1) is 13.8. The van der Waals surface area contributed by atoms with Crippen LogP contribution in [0, 0.1) is 10.1 Å². The fourth-order valence-electron chi connectivity index (χ4n) is 2.03. The molecule has 0 unspecified atom stereocenters. The number of nitrogens with zero attached hydrogens (tertiary/aromatic N) is 1. The highest BCUT2D eigenvalue weighted by atomic mass is 35.5. The molecule has 0 aromatic heterocycles. The molecule has 0 bridgehead atoms. The molecule has 0 amide bonds. The summed E-state index contributed by atoms with van der Waals surface area (Å²) in [6.07, 6.45) is 0. The average molecular weight is 465 g/mol. The lowest BCUT2D eigenvalue weighted by atomic mass is 10.2. The second-order valence-electron chi connectivity index (χ2n) is 5.26. The van der Waals surface area contributed by atoms with Crippen molar-refractivity contribution in [3.8, 4) is 11.5 Å². The van der Waals surface area contributed by atoms with E-state index in [0.717, 1.165) is 0 Å². The van der Waals surface area contributed by atoms with Crippen molar-refractivity contribution in [3.05, 3.63) is 56.6 Å². The van der Waals surface area contributed by atoms with Crippen molar-refractivity contribution in [2.24, 2.45) is 0 Å². The molecular formula is C18H23Cl2N2O6P. The number of hydrogen-bond donors (Lipinski definition) is 1. The molecule has 2 rings (SSSR count). The third-order valence-electron chi connectivity index (χ3n) is 3.18. The fourth-order valence-corrected chi connectivity index (χ4v) is 3.03. The molecule has 0 aliphatic carbocycles. The van der Waals surface area contributed by atoms with Gasteiger partial charge in [0.2, 0.25) is 0 Å². The van der Waals surface area contributed by atoms with Gasteiger partial charge in [0.1, 0.15) is 17.2 Å². The molecular weight excluding hydrogens is 442 g/mol. The van der Waals surface area contributed by atoms with Crippen molar-refractivity contribution >= 4 is 42.8 Å². The quantitative estimate of drug-likeness (QED) is 0.254. The molecule has 0 saturated heterocycles. The molecule has 1 N–H and O–H groups in total. The molecule has 0 radical (unpaired) electrons. The molecule has 160 valence electrons. The van der Waals surface area contributed by atoms with E-state index in [1.807, 2.05) is 6.92 Å². The molecule has 0 atom stereocenters. The molecule has 0 aliphatic heterocycles. The van der Waals surface area contributed by atoms with E-state index in [0.29, 0.717) is 47.0 Å². The van der Waals surface area contributed by atoms with E-state index in [9.17, 15) is 14.7 Å². The van der Waals surface area contributed by atoms with Crippen LogP contribution in [0.25, 0.3) is 0 Å². The number of ether oxygens (including phenoxy) is 1. The van der Waals surface area contributed by atoms with Crippen LogP contribution < -0.4 is 10.1 Å². The topological polar surface area (TPSA) is 99.9 Å². The number of nitro groups is 1. The van der Waals surface area contributed by atoms with E-state index in [4.69, 9.17) is 27.9 Å². The van der Waals surface area contributed by atoms with Crippen LogP contribution in [0.3, 0.4) is 0 Å². The summed E-state index contributed by atoms with van der Waals surface area (Å²) >= 11 is 11.8. The maximum atomic E-state index is 10.9. The van der Waals surface area contributed by atoms with Crippen molar-refractivity contribution < 1.29 is 23.3 Å². The Bertz CT molecular complexity index is 830. The van der Waals surface area contributed by atoms with Crippen LogP contribution in [0.15, 0.2) is 36.4 Å². The van der Waals surface area contributed by atoms with Gasteiger partial charge in [0.25, 0.3) is 5.69 Å². The number of nitro benzene ring substituents is 1.